The minimum absolute atomic E-state index is 0.212. The second kappa shape index (κ2) is 6.95. The van der Waals surface area contributed by atoms with Gasteiger partial charge in [-0.1, -0.05) is 48.8 Å². The van der Waals surface area contributed by atoms with E-state index < -0.39 is 0 Å². The van der Waals surface area contributed by atoms with Crippen LogP contribution in [0.25, 0.3) is 0 Å². The monoisotopic (exact) mass is 334 g/mol. The lowest BCUT2D eigenvalue weighted by molar-refractivity contribution is 0.253. The minimum Gasteiger partial charge on any atom is -0.508 e. The third-order valence-electron chi connectivity index (χ3n) is 6.02. The highest BCUT2D eigenvalue weighted by atomic mass is 16.3. The van der Waals surface area contributed by atoms with Crippen LogP contribution in [0.4, 0.5) is 0 Å². The van der Waals surface area contributed by atoms with Gasteiger partial charge in [0.1, 0.15) is 11.5 Å². The van der Waals surface area contributed by atoms with Gasteiger partial charge >= 0.3 is 0 Å². The largest absolute Gasteiger partial charge is 0.508 e. The molecular formula is C23H26O2. The molecule has 4 rings (SSSR count). The molecule has 2 atom stereocenters. The summed E-state index contributed by atoms with van der Waals surface area (Å²) in [4.78, 5) is 0. The van der Waals surface area contributed by atoms with Crippen molar-refractivity contribution in [2.24, 2.45) is 11.8 Å². The standard InChI is InChI=1S/C23H26O2/c24-21-11-7-17(8-12-21)23(18-9-13-22(25)14-10-18)20-6-5-16-3-1-2-4-19(16)15-20/h7-16,19,23-25H,1-6H2/t16-,19-/m1/s1. The van der Waals surface area contributed by atoms with E-state index in [9.17, 15) is 10.2 Å². The van der Waals surface area contributed by atoms with Crippen LogP contribution in [0.5, 0.6) is 11.5 Å². The summed E-state index contributed by atoms with van der Waals surface area (Å²) in [7, 11) is 0. The third-order valence-corrected chi connectivity index (χ3v) is 6.02. The molecule has 2 aliphatic rings. The number of rotatable bonds is 3. The fourth-order valence-corrected chi connectivity index (χ4v) is 4.72. The summed E-state index contributed by atoms with van der Waals surface area (Å²) in [6, 6.07) is 15.2. The maximum absolute atomic E-state index is 9.66. The molecule has 25 heavy (non-hydrogen) atoms. The lowest BCUT2D eigenvalue weighted by Crippen LogP contribution is -2.23. The molecule has 2 nitrogen and oxygen atoms in total. The number of allylic oxidation sites excluding steroid dienone is 2. The van der Waals surface area contributed by atoms with Gasteiger partial charge in [-0.05, 0) is 72.9 Å². The Morgan fingerprint density at radius 2 is 1.28 bits per heavy atom. The van der Waals surface area contributed by atoms with E-state index in [1.807, 2.05) is 24.3 Å². The summed E-state index contributed by atoms with van der Waals surface area (Å²) in [5.74, 6) is 2.42. The molecule has 0 saturated heterocycles. The Balaban J connectivity index is 1.73. The molecule has 2 aliphatic carbocycles. The van der Waals surface area contributed by atoms with Crippen molar-refractivity contribution in [2.45, 2.75) is 44.4 Å². The average Bonchev–Trinajstić information content (AvgIpc) is 2.65. The van der Waals surface area contributed by atoms with Crippen molar-refractivity contribution in [3.63, 3.8) is 0 Å². The average molecular weight is 334 g/mol. The second-order valence-corrected chi connectivity index (χ2v) is 7.60. The van der Waals surface area contributed by atoms with Gasteiger partial charge in [0.2, 0.25) is 0 Å². The Kier molecular flexibility index (Phi) is 4.52. The van der Waals surface area contributed by atoms with Gasteiger partial charge in [-0.3, -0.25) is 0 Å². The molecular weight excluding hydrogens is 308 g/mol. The predicted octanol–water partition coefficient (Wildman–Crippen LogP) is 5.76. The molecule has 130 valence electrons. The first-order valence-corrected chi connectivity index (χ1v) is 9.49. The number of fused-ring (bicyclic) bond motifs is 1. The quantitative estimate of drug-likeness (QED) is 0.701. The molecule has 0 aliphatic heterocycles. The van der Waals surface area contributed by atoms with Gasteiger partial charge in [0.25, 0.3) is 0 Å². The molecule has 0 heterocycles. The highest BCUT2D eigenvalue weighted by molar-refractivity contribution is 5.44. The Morgan fingerprint density at radius 1 is 0.720 bits per heavy atom. The van der Waals surface area contributed by atoms with Crippen LogP contribution >= 0.6 is 0 Å². The zero-order valence-corrected chi connectivity index (χ0v) is 14.6. The van der Waals surface area contributed by atoms with Crippen LogP contribution in [0.3, 0.4) is 0 Å². The van der Waals surface area contributed by atoms with E-state index >= 15 is 0 Å². The molecule has 0 radical (unpaired) electrons. The van der Waals surface area contributed by atoms with Crippen molar-refractivity contribution in [1.29, 1.82) is 0 Å². The Hall–Kier alpha value is -2.22. The lowest BCUT2D eigenvalue weighted by atomic mass is 9.69. The van der Waals surface area contributed by atoms with Crippen LogP contribution in [0.1, 0.15) is 55.6 Å². The first kappa shape index (κ1) is 16.3. The molecule has 0 unspecified atom stereocenters. The predicted molar refractivity (Wildman–Crippen MR) is 101 cm³/mol. The molecule has 0 spiro atoms. The first-order chi connectivity index (χ1) is 12.2. The van der Waals surface area contributed by atoms with Crippen LogP contribution in [0.2, 0.25) is 0 Å². The van der Waals surface area contributed by atoms with Crippen LogP contribution in [0, 0.1) is 11.8 Å². The normalized spacial score (nSPS) is 23.2. The van der Waals surface area contributed by atoms with E-state index in [-0.39, 0.29) is 5.92 Å². The van der Waals surface area contributed by atoms with E-state index in [0.29, 0.717) is 11.5 Å². The van der Waals surface area contributed by atoms with Crippen molar-refractivity contribution >= 4 is 0 Å². The molecule has 1 saturated carbocycles. The Morgan fingerprint density at radius 3 is 1.88 bits per heavy atom. The molecule has 2 N–H and O–H groups in total. The molecule has 0 bridgehead atoms. The summed E-state index contributed by atoms with van der Waals surface area (Å²) in [6.45, 7) is 0. The number of hydrogen-bond donors (Lipinski definition) is 2. The number of aromatic hydroxyl groups is 2. The molecule has 0 aromatic heterocycles. The van der Waals surface area contributed by atoms with E-state index in [4.69, 9.17) is 0 Å². The first-order valence-electron chi connectivity index (χ1n) is 9.49. The van der Waals surface area contributed by atoms with Crippen LogP contribution in [0.15, 0.2) is 60.2 Å². The minimum atomic E-state index is 0.212. The van der Waals surface area contributed by atoms with Gasteiger partial charge in [0.15, 0.2) is 0 Å². The van der Waals surface area contributed by atoms with Crippen molar-refractivity contribution in [2.75, 3.05) is 0 Å². The molecule has 2 aromatic carbocycles. The smallest absolute Gasteiger partial charge is 0.115 e. The molecule has 2 aromatic rings. The number of phenolic OH excluding ortho intramolecular Hbond substituents is 2. The van der Waals surface area contributed by atoms with Gasteiger partial charge < -0.3 is 10.2 Å². The number of hydrogen-bond acceptors (Lipinski definition) is 2. The maximum atomic E-state index is 9.66. The third kappa shape index (κ3) is 3.44. The zero-order chi connectivity index (χ0) is 17.2. The van der Waals surface area contributed by atoms with Gasteiger partial charge in [0.05, 0.1) is 0 Å². The van der Waals surface area contributed by atoms with E-state index in [0.717, 1.165) is 18.3 Å². The summed E-state index contributed by atoms with van der Waals surface area (Å²) >= 11 is 0. The van der Waals surface area contributed by atoms with Crippen LogP contribution < -0.4 is 0 Å². The van der Waals surface area contributed by atoms with E-state index in [2.05, 4.69) is 6.08 Å². The van der Waals surface area contributed by atoms with Crippen molar-refractivity contribution < 1.29 is 10.2 Å². The molecule has 2 heteroatoms. The van der Waals surface area contributed by atoms with Crippen LogP contribution in [-0.2, 0) is 0 Å². The summed E-state index contributed by atoms with van der Waals surface area (Å²) in [5, 5.41) is 19.3. The van der Waals surface area contributed by atoms with Crippen LogP contribution in [-0.4, -0.2) is 10.2 Å². The highest BCUT2D eigenvalue weighted by Crippen LogP contribution is 2.45. The highest BCUT2D eigenvalue weighted by Gasteiger charge is 2.30. The fourth-order valence-electron chi connectivity index (χ4n) is 4.72. The van der Waals surface area contributed by atoms with Crippen molar-refractivity contribution in [1.82, 2.24) is 0 Å². The summed E-state index contributed by atoms with van der Waals surface area (Å²) < 4.78 is 0. The Labute approximate surface area is 149 Å². The lowest BCUT2D eigenvalue weighted by Gasteiger charge is -2.36. The Bertz CT molecular complexity index is 697. The summed E-state index contributed by atoms with van der Waals surface area (Å²) in [5.41, 5.74) is 3.92. The SMILES string of the molecule is Oc1ccc(C(C2=C[C@H]3CCCC[C@@H]3CC2)c2ccc(O)cc2)cc1. The number of benzene rings is 2. The van der Waals surface area contributed by atoms with Crippen molar-refractivity contribution in [3.05, 3.63) is 71.3 Å². The molecule has 0 amide bonds. The topological polar surface area (TPSA) is 40.5 Å². The van der Waals surface area contributed by atoms with Gasteiger partial charge in [-0.15, -0.1) is 0 Å². The van der Waals surface area contributed by atoms with E-state index in [1.54, 1.807) is 24.3 Å². The maximum Gasteiger partial charge on any atom is 0.115 e. The number of phenols is 2. The summed E-state index contributed by atoms with van der Waals surface area (Å²) in [6.07, 6.45) is 10.5. The fraction of sp³-hybridized carbons (Fsp3) is 0.391. The van der Waals surface area contributed by atoms with Gasteiger partial charge in [-0.2, -0.15) is 0 Å². The van der Waals surface area contributed by atoms with Crippen molar-refractivity contribution in [3.8, 4) is 11.5 Å². The zero-order valence-electron chi connectivity index (χ0n) is 14.6. The van der Waals surface area contributed by atoms with Gasteiger partial charge in [0, 0.05) is 5.92 Å². The van der Waals surface area contributed by atoms with Gasteiger partial charge in [-0.25, -0.2) is 0 Å². The molecule has 1 fully saturated rings. The second-order valence-electron chi connectivity index (χ2n) is 7.60. The van der Waals surface area contributed by atoms with E-state index in [1.165, 1.54) is 48.8 Å².